The number of thioether (sulfide) groups is 1. The molecule has 1 fully saturated rings. The number of pyridine rings is 1. The van der Waals surface area contributed by atoms with Crippen molar-refractivity contribution in [2.45, 2.75) is 33.2 Å². The van der Waals surface area contributed by atoms with Gasteiger partial charge in [-0.2, -0.15) is 0 Å². The van der Waals surface area contributed by atoms with Crippen LogP contribution in [0.15, 0.2) is 52.8 Å². The van der Waals surface area contributed by atoms with Gasteiger partial charge in [0.2, 0.25) is 0 Å². The Morgan fingerprint density at radius 2 is 2.06 bits per heavy atom. The van der Waals surface area contributed by atoms with E-state index in [1.165, 1.54) is 16.2 Å². The molecule has 0 bridgehead atoms. The highest BCUT2D eigenvalue weighted by molar-refractivity contribution is 8.26. The van der Waals surface area contributed by atoms with E-state index in [4.69, 9.17) is 12.2 Å². The van der Waals surface area contributed by atoms with Crippen LogP contribution in [-0.4, -0.2) is 47.2 Å². The summed E-state index contributed by atoms with van der Waals surface area (Å²) in [4.78, 5) is 37.1. The number of nitrogens with zero attached hydrogens (tertiary/aromatic N) is 5. The van der Waals surface area contributed by atoms with Crippen LogP contribution in [0.2, 0.25) is 0 Å². The zero-order valence-corrected chi connectivity index (χ0v) is 20.2. The number of fused-ring (bicyclic) bond motifs is 1. The maximum absolute atomic E-state index is 13.3. The van der Waals surface area contributed by atoms with Gasteiger partial charge in [-0.3, -0.25) is 18.9 Å². The molecule has 172 valence electrons. The van der Waals surface area contributed by atoms with Crippen LogP contribution in [0, 0.1) is 5.92 Å². The van der Waals surface area contributed by atoms with Crippen LogP contribution < -0.4 is 10.9 Å². The minimum Gasteiger partial charge on any atom is -0.369 e. The van der Waals surface area contributed by atoms with E-state index in [1.54, 1.807) is 41.8 Å². The van der Waals surface area contributed by atoms with Gasteiger partial charge in [-0.15, -0.1) is 0 Å². The van der Waals surface area contributed by atoms with Gasteiger partial charge in [0.05, 0.1) is 16.8 Å². The fourth-order valence-corrected chi connectivity index (χ4v) is 4.76. The molecular weight excluding hydrogens is 456 g/mol. The summed E-state index contributed by atoms with van der Waals surface area (Å²) in [6, 6.07) is 5.40. The molecule has 1 aliphatic heterocycles. The molecule has 0 unspecified atom stereocenters. The fourth-order valence-electron chi connectivity index (χ4n) is 3.47. The van der Waals surface area contributed by atoms with Crippen molar-refractivity contribution in [2.75, 3.05) is 18.4 Å². The summed E-state index contributed by atoms with van der Waals surface area (Å²) in [6.07, 6.45) is 10.4. The Labute approximate surface area is 201 Å². The molecule has 3 aromatic rings. The molecule has 33 heavy (non-hydrogen) atoms. The van der Waals surface area contributed by atoms with Crippen LogP contribution in [-0.2, 0) is 11.3 Å². The highest BCUT2D eigenvalue weighted by atomic mass is 32.2. The summed E-state index contributed by atoms with van der Waals surface area (Å²) in [5, 5.41) is 3.29. The Balaban J connectivity index is 1.61. The van der Waals surface area contributed by atoms with Crippen molar-refractivity contribution in [1.29, 1.82) is 0 Å². The normalized spacial score (nSPS) is 15.4. The molecule has 4 heterocycles. The van der Waals surface area contributed by atoms with E-state index in [0.717, 1.165) is 19.4 Å². The second-order valence-electron chi connectivity index (χ2n) is 8.20. The first kappa shape index (κ1) is 23.2. The minimum atomic E-state index is -0.231. The van der Waals surface area contributed by atoms with Crippen molar-refractivity contribution in [3.05, 3.63) is 63.9 Å². The number of nitrogens with one attached hydrogen (secondary N) is 1. The van der Waals surface area contributed by atoms with Gasteiger partial charge in [0.25, 0.3) is 11.5 Å². The number of aryl methyl sites for hydroxylation is 1. The lowest BCUT2D eigenvalue weighted by Gasteiger charge is -2.15. The van der Waals surface area contributed by atoms with Crippen LogP contribution in [0.1, 0.15) is 32.3 Å². The number of hydrogen-bond donors (Lipinski definition) is 1. The Morgan fingerprint density at radius 1 is 1.21 bits per heavy atom. The second kappa shape index (κ2) is 10.3. The zero-order valence-electron chi connectivity index (χ0n) is 18.6. The molecule has 0 aromatic carbocycles. The quantitative estimate of drug-likeness (QED) is 0.283. The Hall–Kier alpha value is -2.98. The predicted molar refractivity (Wildman–Crippen MR) is 136 cm³/mol. The number of rotatable bonds is 9. The van der Waals surface area contributed by atoms with E-state index >= 15 is 0 Å². The third kappa shape index (κ3) is 5.33. The van der Waals surface area contributed by atoms with Gasteiger partial charge in [-0.1, -0.05) is 43.9 Å². The molecule has 8 nitrogen and oxygen atoms in total. The molecule has 0 radical (unpaired) electrons. The van der Waals surface area contributed by atoms with Gasteiger partial charge in [-0.05, 0) is 37.0 Å². The molecule has 0 saturated carbocycles. The first-order valence-electron chi connectivity index (χ1n) is 10.9. The van der Waals surface area contributed by atoms with Crippen LogP contribution >= 0.6 is 24.0 Å². The predicted octanol–water partition coefficient (Wildman–Crippen LogP) is 3.64. The number of aromatic nitrogens is 4. The molecule has 10 heteroatoms. The Morgan fingerprint density at radius 3 is 2.82 bits per heavy atom. The van der Waals surface area contributed by atoms with E-state index in [2.05, 4.69) is 29.1 Å². The highest BCUT2D eigenvalue weighted by Gasteiger charge is 2.32. The molecule has 0 aliphatic carbocycles. The lowest BCUT2D eigenvalue weighted by atomic mass is 10.1. The Kier molecular flexibility index (Phi) is 7.24. The van der Waals surface area contributed by atoms with Crippen molar-refractivity contribution in [3.8, 4) is 0 Å². The summed E-state index contributed by atoms with van der Waals surface area (Å²) >= 11 is 6.67. The minimum absolute atomic E-state index is 0.158. The topological polar surface area (TPSA) is 84.5 Å². The number of thiocarbonyl (C=S) groups is 1. The number of amides is 1. The van der Waals surface area contributed by atoms with Crippen molar-refractivity contribution in [3.63, 3.8) is 0 Å². The van der Waals surface area contributed by atoms with Gasteiger partial charge in [0.15, 0.2) is 0 Å². The third-order valence-electron chi connectivity index (χ3n) is 5.29. The average molecular weight is 483 g/mol. The highest BCUT2D eigenvalue weighted by Crippen LogP contribution is 2.33. The van der Waals surface area contributed by atoms with Crippen LogP contribution in [0.4, 0.5) is 5.82 Å². The SMILES string of the molecule is CC(C)CCN1C(=O)/C(=C\c2c(NCCCn3ccnc3)nc3ccccn3c2=O)SC1=S. The fraction of sp³-hybridized carbons (Fsp3) is 0.348. The lowest BCUT2D eigenvalue weighted by Crippen LogP contribution is -2.29. The summed E-state index contributed by atoms with van der Waals surface area (Å²) in [6.45, 7) is 6.21. The maximum Gasteiger partial charge on any atom is 0.267 e. The third-order valence-corrected chi connectivity index (χ3v) is 6.67. The number of anilines is 1. The first-order valence-corrected chi connectivity index (χ1v) is 12.1. The molecule has 1 amide bonds. The van der Waals surface area contributed by atoms with Crippen molar-refractivity contribution in [1.82, 2.24) is 23.8 Å². The molecule has 3 aromatic heterocycles. The van der Waals surface area contributed by atoms with E-state index < -0.39 is 0 Å². The number of carbonyl (C=O) groups is 1. The maximum atomic E-state index is 13.3. The van der Waals surface area contributed by atoms with Crippen molar-refractivity contribution < 1.29 is 4.79 Å². The summed E-state index contributed by atoms with van der Waals surface area (Å²) in [5.74, 6) is 0.768. The first-order chi connectivity index (χ1) is 15.9. The van der Waals surface area contributed by atoms with Gasteiger partial charge < -0.3 is 9.88 Å². The van der Waals surface area contributed by atoms with E-state index in [-0.39, 0.29) is 11.5 Å². The lowest BCUT2D eigenvalue weighted by molar-refractivity contribution is -0.122. The Bertz CT molecular complexity index is 1250. The zero-order chi connectivity index (χ0) is 23.4. The van der Waals surface area contributed by atoms with Crippen LogP contribution in [0.5, 0.6) is 0 Å². The second-order valence-corrected chi connectivity index (χ2v) is 9.88. The summed E-state index contributed by atoms with van der Waals surface area (Å²) < 4.78 is 4.01. The number of imidazole rings is 1. The number of hydrogen-bond acceptors (Lipinski definition) is 7. The average Bonchev–Trinajstić information content (AvgIpc) is 3.40. The van der Waals surface area contributed by atoms with E-state index in [0.29, 0.717) is 45.3 Å². The monoisotopic (exact) mass is 482 g/mol. The largest absolute Gasteiger partial charge is 0.369 e. The van der Waals surface area contributed by atoms with Gasteiger partial charge >= 0.3 is 0 Å². The van der Waals surface area contributed by atoms with Gasteiger partial charge in [0, 0.05) is 38.2 Å². The molecule has 0 atom stereocenters. The van der Waals surface area contributed by atoms with Gasteiger partial charge in [0.1, 0.15) is 15.8 Å². The number of carbonyl (C=O) groups excluding carboxylic acids is 1. The standard InChI is InChI=1S/C23H26N6O2S2/c1-16(2)7-12-29-22(31)18(33-23(29)32)14-17-20(25-8-5-10-27-13-9-24-15-27)26-19-6-3-4-11-28(19)21(17)30/h3-4,6,9,11,13-16,25H,5,7-8,10,12H2,1-2H3/b18-14+. The molecule has 1 aliphatic rings. The molecule has 4 rings (SSSR count). The summed E-state index contributed by atoms with van der Waals surface area (Å²) in [5.41, 5.74) is 0.664. The molecular formula is C23H26N6O2S2. The van der Waals surface area contributed by atoms with Crippen molar-refractivity contribution >= 4 is 51.7 Å². The molecule has 0 spiro atoms. The van der Waals surface area contributed by atoms with E-state index in [1.807, 2.05) is 16.8 Å². The van der Waals surface area contributed by atoms with Crippen LogP contribution in [0.3, 0.4) is 0 Å². The van der Waals surface area contributed by atoms with E-state index in [9.17, 15) is 9.59 Å². The van der Waals surface area contributed by atoms with Crippen LogP contribution in [0.25, 0.3) is 11.7 Å². The molecule has 1 N–H and O–H groups in total. The van der Waals surface area contributed by atoms with Crippen molar-refractivity contribution in [2.24, 2.45) is 5.92 Å². The smallest absolute Gasteiger partial charge is 0.267 e. The summed E-state index contributed by atoms with van der Waals surface area (Å²) in [7, 11) is 0. The van der Waals surface area contributed by atoms with Gasteiger partial charge in [-0.25, -0.2) is 9.97 Å². The molecule has 1 saturated heterocycles.